The lowest BCUT2D eigenvalue weighted by atomic mass is 10.2. The smallest absolute Gasteiger partial charge is 0.192 e. The van der Waals surface area contributed by atoms with Gasteiger partial charge in [0.1, 0.15) is 11.6 Å². The van der Waals surface area contributed by atoms with Crippen LogP contribution in [-0.4, -0.2) is 21.9 Å². The predicted octanol–water partition coefficient (Wildman–Crippen LogP) is 5.37. The number of ether oxygens (including phenoxy) is 1. The Hall–Kier alpha value is -2.05. The molecule has 4 rings (SSSR count). The van der Waals surface area contributed by atoms with E-state index in [2.05, 4.69) is 14.8 Å². The van der Waals surface area contributed by atoms with Crippen LogP contribution >= 0.6 is 23.4 Å². The third-order valence-corrected chi connectivity index (χ3v) is 5.52. The van der Waals surface area contributed by atoms with Crippen molar-refractivity contribution >= 4 is 23.4 Å². The maximum atomic E-state index is 14.2. The molecule has 0 unspecified atom stereocenters. The number of hydrogen-bond donors (Lipinski definition) is 0. The predicted molar refractivity (Wildman–Crippen MR) is 101 cm³/mol. The van der Waals surface area contributed by atoms with Crippen LogP contribution in [0.15, 0.2) is 47.6 Å². The van der Waals surface area contributed by atoms with Gasteiger partial charge in [-0.1, -0.05) is 35.5 Å². The summed E-state index contributed by atoms with van der Waals surface area (Å²) in [7, 11) is 1.64. The van der Waals surface area contributed by atoms with Crippen molar-refractivity contribution in [3.05, 3.63) is 58.9 Å². The summed E-state index contributed by atoms with van der Waals surface area (Å²) in [6.07, 6.45) is 2.13. The Morgan fingerprint density at radius 3 is 2.77 bits per heavy atom. The van der Waals surface area contributed by atoms with Crippen LogP contribution < -0.4 is 4.74 Å². The summed E-state index contributed by atoms with van der Waals surface area (Å²) in [6.45, 7) is 0. The van der Waals surface area contributed by atoms with Gasteiger partial charge in [0.2, 0.25) is 0 Å². The number of rotatable bonds is 6. The van der Waals surface area contributed by atoms with Gasteiger partial charge in [-0.15, -0.1) is 10.2 Å². The third-order valence-electron chi connectivity index (χ3n) is 4.29. The van der Waals surface area contributed by atoms with E-state index in [1.165, 1.54) is 6.07 Å². The normalized spacial score (nSPS) is 13.8. The lowest BCUT2D eigenvalue weighted by Crippen LogP contribution is -2.01. The number of thioether (sulfide) groups is 1. The van der Waals surface area contributed by atoms with Crippen molar-refractivity contribution < 1.29 is 9.13 Å². The highest BCUT2D eigenvalue weighted by Gasteiger charge is 2.31. The van der Waals surface area contributed by atoms with Crippen LogP contribution in [0.3, 0.4) is 0 Å². The first-order valence-electron chi connectivity index (χ1n) is 8.32. The first-order valence-corrected chi connectivity index (χ1v) is 9.68. The summed E-state index contributed by atoms with van der Waals surface area (Å²) in [4.78, 5) is 0. The molecule has 0 bridgehead atoms. The number of methoxy groups -OCH3 is 1. The Bertz CT molecular complexity index is 942. The molecule has 0 N–H and O–H groups in total. The minimum atomic E-state index is -0.283. The van der Waals surface area contributed by atoms with Crippen LogP contribution in [0.5, 0.6) is 5.75 Å². The van der Waals surface area contributed by atoms with Gasteiger partial charge in [0, 0.05) is 22.4 Å². The fourth-order valence-electron chi connectivity index (χ4n) is 2.87. The van der Waals surface area contributed by atoms with Gasteiger partial charge in [0.15, 0.2) is 11.0 Å². The van der Waals surface area contributed by atoms with Gasteiger partial charge in [-0.3, -0.25) is 4.57 Å². The standard InChI is InChI=1S/C19H17ClFN3OS/c1-25-17-9-6-13(20)10-12(17)11-26-19-23-22-18(24(19)14-7-8-14)15-4-2-3-5-16(15)21/h2-6,9-10,14H,7-8,11H2,1H3. The van der Waals surface area contributed by atoms with Gasteiger partial charge in [0.25, 0.3) is 0 Å². The van der Waals surface area contributed by atoms with Crippen molar-refractivity contribution in [2.24, 2.45) is 0 Å². The summed E-state index contributed by atoms with van der Waals surface area (Å²) in [5, 5.41) is 10.0. The number of nitrogens with zero attached hydrogens (tertiary/aromatic N) is 3. The number of benzene rings is 2. The molecule has 0 aliphatic heterocycles. The monoisotopic (exact) mass is 389 g/mol. The quantitative estimate of drug-likeness (QED) is 0.531. The molecule has 134 valence electrons. The van der Waals surface area contributed by atoms with Crippen LogP contribution in [0, 0.1) is 5.82 Å². The van der Waals surface area contributed by atoms with E-state index >= 15 is 0 Å². The van der Waals surface area contributed by atoms with Crippen LogP contribution in [-0.2, 0) is 5.75 Å². The van der Waals surface area contributed by atoms with Crippen molar-refractivity contribution in [3.63, 3.8) is 0 Å². The highest BCUT2D eigenvalue weighted by molar-refractivity contribution is 7.98. The Balaban J connectivity index is 1.64. The zero-order valence-electron chi connectivity index (χ0n) is 14.2. The summed E-state index contributed by atoms with van der Waals surface area (Å²) < 4.78 is 21.7. The summed E-state index contributed by atoms with van der Waals surface area (Å²) in [5.41, 5.74) is 1.47. The molecule has 3 aromatic rings. The zero-order chi connectivity index (χ0) is 18.1. The highest BCUT2D eigenvalue weighted by atomic mass is 35.5. The van der Waals surface area contributed by atoms with Gasteiger partial charge >= 0.3 is 0 Å². The molecule has 1 fully saturated rings. The highest BCUT2D eigenvalue weighted by Crippen LogP contribution is 2.42. The van der Waals surface area contributed by atoms with E-state index in [0.29, 0.717) is 28.2 Å². The number of hydrogen-bond acceptors (Lipinski definition) is 4. The summed E-state index contributed by atoms with van der Waals surface area (Å²) in [6, 6.07) is 12.6. The molecular weight excluding hydrogens is 373 g/mol. The topological polar surface area (TPSA) is 39.9 Å². The molecule has 0 amide bonds. The Morgan fingerprint density at radius 1 is 1.23 bits per heavy atom. The maximum absolute atomic E-state index is 14.2. The maximum Gasteiger partial charge on any atom is 0.192 e. The molecule has 0 spiro atoms. The minimum absolute atomic E-state index is 0.283. The van der Waals surface area contributed by atoms with Gasteiger partial charge < -0.3 is 4.74 Å². The van der Waals surface area contributed by atoms with Crippen LogP contribution in [0.1, 0.15) is 24.4 Å². The second-order valence-electron chi connectivity index (χ2n) is 6.13. The van der Waals surface area contributed by atoms with E-state index in [-0.39, 0.29) is 5.82 Å². The molecule has 0 saturated heterocycles. The molecular formula is C19H17ClFN3OS. The van der Waals surface area contributed by atoms with Crippen molar-refractivity contribution in [1.82, 2.24) is 14.8 Å². The minimum Gasteiger partial charge on any atom is -0.496 e. The van der Waals surface area contributed by atoms with Crippen molar-refractivity contribution in [1.29, 1.82) is 0 Å². The van der Waals surface area contributed by atoms with Crippen LogP contribution in [0.25, 0.3) is 11.4 Å². The average molecular weight is 390 g/mol. The van der Waals surface area contributed by atoms with E-state index in [4.69, 9.17) is 16.3 Å². The second kappa shape index (κ2) is 7.29. The molecule has 7 heteroatoms. The second-order valence-corrected chi connectivity index (χ2v) is 7.51. The molecule has 26 heavy (non-hydrogen) atoms. The fourth-order valence-corrected chi connectivity index (χ4v) is 4.04. The molecule has 2 aromatic carbocycles. The average Bonchev–Trinajstić information content (AvgIpc) is 3.40. The van der Waals surface area contributed by atoms with Crippen LogP contribution in [0.4, 0.5) is 4.39 Å². The molecule has 4 nitrogen and oxygen atoms in total. The lowest BCUT2D eigenvalue weighted by Gasteiger charge is -2.11. The first kappa shape index (κ1) is 17.4. The lowest BCUT2D eigenvalue weighted by molar-refractivity contribution is 0.411. The SMILES string of the molecule is COc1ccc(Cl)cc1CSc1nnc(-c2ccccc2F)n1C1CC1. The van der Waals surface area contributed by atoms with E-state index < -0.39 is 0 Å². The van der Waals surface area contributed by atoms with Crippen molar-refractivity contribution in [2.45, 2.75) is 29.8 Å². The fraction of sp³-hybridized carbons (Fsp3) is 0.263. The molecule has 1 saturated carbocycles. The zero-order valence-corrected chi connectivity index (χ0v) is 15.7. The molecule has 1 heterocycles. The Labute approximate surface area is 160 Å². The van der Waals surface area contributed by atoms with Crippen molar-refractivity contribution in [2.75, 3.05) is 7.11 Å². The largest absolute Gasteiger partial charge is 0.496 e. The first-order chi connectivity index (χ1) is 12.7. The number of aromatic nitrogens is 3. The number of halogens is 2. The summed E-state index contributed by atoms with van der Waals surface area (Å²) in [5.74, 6) is 1.74. The van der Waals surface area contributed by atoms with Crippen molar-refractivity contribution in [3.8, 4) is 17.1 Å². The Morgan fingerprint density at radius 2 is 2.04 bits per heavy atom. The summed E-state index contributed by atoms with van der Waals surface area (Å²) >= 11 is 7.67. The van der Waals surface area contributed by atoms with E-state index in [0.717, 1.165) is 29.3 Å². The van der Waals surface area contributed by atoms with Gasteiger partial charge in [-0.05, 0) is 43.2 Å². The third kappa shape index (κ3) is 3.44. The Kier molecular flexibility index (Phi) is 4.87. The van der Waals surface area contributed by atoms with E-state index in [1.807, 2.05) is 18.2 Å². The molecule has 1 aliphatic rings. The van der Waals surface area contributed by atoms with Gasteiger partial charge in [0.05, 0.1) is 12.7 Å². The van der Waals surface area contributed by atoms with Crippen LogP contribution in [0.2, 0.25) is 5.02 Å². The van der Waals surface area contributed by atoms with E-state index in [9.17, 15) is 4.39 Å². The van der Waals surface area contributed by atoms with Gasteiger partial charge in [-0.25, -0.2) is 4.39 Å². The molecule has 1 aromatic heterocycles. The van der Waals surface area contributed by atoms with E-state index in [1.54, 1.807) is 37.1 Å². The molecule has 0 atom stereocenters. The van der Waals surface area contributed by atoms with Gasteiger partial charge in [-0.2, -0.15) is 0 Å². The molecule has 1 aliphatic carbocycles. The molecule has 0 radical (unpaired) electrons.